The normalized spacial score (nSPS) is 10.9. The van der Waals surface area contributed by atoms with Gasteiger partial charge in [0.05, 0.1) is 26.2 Å². The second-order valence-corrected chi connectivity index (χ2v) is 1.35. The first kappa shape index (κ1) is 8.08. The number of rotatable bonds is 4. The first-order valence-electron chi connectivity index (χ1n) is 2.88. The summed E-state index contributed by atoms with van der Waals surface area (Å²) in [5.41, 5.74) is 0. The van der Waals surface area contributed by atoms with Gasteiger partial charge in [-0.1, -0.05) is 0 Å². The molecule has 0 N–H and O–H groups in total. The predicted molar refractivity (Wildman–Crippen MR) is 36.9 cm³/mol. The highest BCUT2D eigenvalue weighted by atomic mass is 16.5. The molecule has 0 aromatic heterocycles. The Kier molecular flexibility index (Phi) is 6.36. The van der Waals surface area contributed by atoms with E-state index in [2.05, 4.69) is 4.74 Å². The van der Waals surface area contributed by atoms with Crippen molar-refractivity contribution in [2.24, 2.45) is 0 Å². The van der Waals surface area contributed by atoms with Gasteiger partial charge in [0.15, 0.2) is 0 Å². The Labute approximate surface area is 55.8 Å². The van der Waals surface area contributed by atoms with Crippen LogP contribution in [0.15, 0.2) is 24.7 Å². The molecule has 0 aliphatic heterocycles. The predicted octanol–water partition coefficient (Wildman–Crippen LogP) is 1.70. The molecule has 0 aromatic carbocycles. The lowest BCUT2D eigenvalue weighted by atomic mass is 10.6. The van der Waals surface area contributed by atoms with Gasteiger partial charge in [-0.25, -0.2) is 0 Å². The van der Waals surface area contributed by atoms with Gasteiger partial charge in [0.2, 0.25) is 0 Å². The molecular weight excluding hydrogens is 116 g/mol. The van der Waals surface area contributed by atoms with Gasteiger partial charge in [0, 0.05) is 0 Å². The van der Waals surface area contributed by atoms with Gasteiger partial charge in [0.1, 0.15) is 0 Å². The molecule has 2 nitrogen and oxygen atoms in total. The first-order valence-corrected chi connectivity index (χ1v) is 2.88. The SMILES string of the molecule is CCO/C=C\C=C\OC. The summed E-state index contributed by atoms with van der Waals surface area (Å²) in [4.78, 5) is 0. The lowest BCUT2D eigenvalue weighted by Crippen LogP contribution is -1.74. The summed E-state index contributed by atoms with van der Waals surface area (Å²) < 4.78 is 9.53. The topological polar surface area (TPSA) is 18.5 Å². The number of hydrogen-bond donors (Lipinski definition) is 0. The molecule has 0 heterocycles. The molecule has 0 radical (unpaired) electrons. The molecule has 0 spiro atoms. The van der Waals surface area contributed by atoms with Gasteiger partial charge in [-0.05, 0) is 19.1 Å². The number of allylic oxidation sites excluding steroid dienone is 2. The van der Waals surface area contributed by atoms with Crippen molar-refractivity contribution in [2.45, 2.75) is 6.92 Å². The highest BCUT2D eigenvalue weighted by molar-refractivity contribution is 4.95. The third-order valence-electron chi connectivity index (χ3n) is 0.667. The third kappa shape index (κ3) is 7.08. The van der Waals surface area contributed by atoms with Crippen molar-refractivity contribution < 1.29 is 9.47 Å². The fraction of sp³-hybridized carbons (Fsp3) is 0.429. The molecule has 0 atom stereocenters. The van der Waals surface area contributed by atoms with Crippen LogP contribution in [0.2, 0.25) is 0 Å². The molecule has 0 saturated carbocycles. The van der Waals surface area contributed by atoms with Gasteiger partial charge in [-0.3, -0.25) is 0 Å². The Morgan fingerprint density at radius 1 is 1.22 bits per heavy atom. The Morgan fingerprint density at radius 2 is 1.89 bits per heavy atom. The highest BCUT2D eigenvalue weighted by Gasteiger charge is 1.65. The van der Waals surface area contributed by atoms with Crippen LogP contribution in [0.3, 0.4) is 0 Å². The van der Waals surface area contributed by atoms with Crippen LogP contribution < -0.4 is 0 Å². The summed E-state index contributed by atoms with van der Waals surface area (Å²) in [6, 6.07) is 0. The van der Waals surface area contributed by atoms with Crippen LogP contribution in [-0.4, -0.2) is 13.7 Å². The molecule has 2 heteroatoms. The number of methoxy groups -OCH3 is 1. The van der Waals surface area contributed by atoms with Gasteiger partial charge in [0.25, 0.3) is 0 Å². The van der Waals surface area contributed by atoms with Crippen LogP contribution in [-0.2, 0) is 9.47 Å². The van der Waals surface area contributed by atoms with Crippen molar-refractivity contribution >= 4 is 0 Å². The van der Waals surface area contributed by atoms with Crippen LogP contribution in [0.4, 0.5) is 0 Å². The maximum absolute atomic E-state index is 4.89. The summed E-state index contributed by atoms with van der Waals surface area (Å²) in [6.07, 6.45) is 6.73. The van der Waals surface area contributed by atoms with Crippen molar-refractivity contribution in [3.63, 3.8) is 0 Å². The van der Waals surface area contributed by atoms with E-state index >= 15 is 0 Å². The number of hydrogen-bond acceptors (Lipinski definition) is 2. The molecule has 0 bridgehead atoms. The van der Waals surface area contributed by atoms with Crippen molar-refractivity contribution in [3.8, 4) is 0 Å². The molecule has 0 aliphatic rings. The zero-order valence-electron chi connectivity index (χ0n) is 5.83. The maximum atomic E-state index is 4.89. The largest absolute Gasteiger partial charge is 0.504 e. The maximum Gasteiger partial charge on any atom is 0.0845 e. The smallest absolute Gasteiger partial charge is 0.0845 e. The zero-order valence-corrected chi connectivity index (χ0v) is 5.83. The highest BCUT2D eigenvalue weighted by Crippen LogP contribution is 1.79. The molecule has 0 unspecified atom stereocenters. The third-order valence-corrected chi connectivity index (χ3v) is 0.667. The van der Waals surface area contributed by atoms with Crippen LogP contribution in [0.5, 0.6) is 0 Å². The van der Waals surface area contributed by atoms with E-state index in [1.165, 1.54) is 0 Å². The van der Waals surface area contributed by atoms with Gasteiger partial charge in [-0.15, -0.1) is 0 Å². The van der Waals surface area contributed by atoms with Crippen molar-refractivity contribution in [1.82, 2.24) is 0 Å². The van der Waals surface area contributed by atoms with Crippen LogP contribution >= 0.6 is 0 Å². The summed E-state index contributed by atoms with van der Waals surface area (Å²) in [5, 5.41) is 0. The van der Waals surface area contributed by atoms with Gasteiger partial charge in [-0.2, -0.15) is 0 Å². The van der Waals surface area contributed by atoms with Gasteiger partial charge >= 0.3 is 0 Å². The van der Waals surface area contributed by atoms with Crippen molar-refractivity contribution in [1.29, 1.82) is 0 Å². The zero-order chi connectivity index (χ0) is 6.95. The fourth-order valence-corrected chi connectivity index (χ4v) is 0.321. The van der Waals surface area contributed by atoms with Crippen molar-refractivity contribution in [2.75, 3.05) is 13.7 Å². The minimum Gasteiger partial charge on any atom is -0.504 e. The average Bonchev–Trinajstić information content (AvgIpc) is 1.89. The molecule has 0 saturated heterocycles. The summed E-state index contributed by atoms with van der Waals surface area (Å²) in [6.45, 7) is 2.64. The van der Waals surface area contributed by atoms with E-state index < -0.39 is 0 Å². The summed E-state index contributed by atoms with van der Waals surface area (Å²) in [7, 11) is 1.60. The van der Waals surface area contributed by atoms with E-state index in [1.807, 2.05) is 6.92 Å². The molecule has 0 aromatic rings. The van der Waals surface area contributed by atoms with E-state index in [4.69, 9.17) is 4.74 Å². The van der Waals surface area contributed by atoms with E-state index in [9.17, 15) is 0 Å². The Morgan fingerprint density at radius 3 is 2.44 bits per heavy atom. The first-order chi connectivity index (χ1) is 4.41. The molecule has 9 heavy (non-hydrogen) atoms. The standard InChI is InChI=1S/C7H12O2/c1-3-9-7-5-4-6-8-2/h4-7H,3H2,1-2H3/b6-4+,7-5-. The second kappa shape index (κ2) is 7.08. The lowest BCUT2D eigenvalue weighted by molar-refractivity contribution is 0.269. The van der Waals surface area contributed by atoms with Crippen molar-refractivity contribution in [3.05, 3.63) is 24.7 Å². The Bertz CT molecular complexity index is 95.1. The quantitative estimate of drug-likeness (QED) is 0.423. The molecule has 52 valence electrons. The Balaban J connectivity index is 3.13. The van der Waals surface area contributed by atoms with E-state index in [0.717, 1.165) is 0 Å². The van der Waals surface area contributed by atoms with Crippen LogP contribution in [0, 0.1) is 0 Å². The van der Waals surface area contributed by atoms with Crippen LogP contribution in [0.1, 0.15) is 6.92 Å². The summed E-state index contributed by atoms with van der Waals surface area (Å²) in [5.74, 6) is 0. The molecule has 0 rings (SSSR count). The van der Waals surface area contributed by atoms with E-state index in [1.54, 1.807) is 31.8 Å². The Hall–Kier alpha value is -0.920. The molecular formula is C7H12O2. The molecule has 0 aliphatic carbocycles. The van der Waals surface area contributed by atoms with E-state index in [0.29, 0.717) is 6.61 Å². The second-order valence-electron chi connectivity index (χ2n) is 1.35. The van der Waals surface area contributed by atoms with Gasteiger partial charge < -0.3 is 9.47 Å². The monoisotopic (exact) mass is 128 g/mol. The molecule has 0 fully saturated rings. The minimum atomic E-state index is 0.706. The molecule has 0 amide bonds. The average molecular weight is 128 g/mol. The fourth-order valence-electron chi connectivity index (χ4n) is 0.321. The number of ether oxygens (including phenoxy) is 2. The summed E-state index contributed by atoms with van der Waals surface area (Å²) >= 11 is 0. The van der Waals surface area contributed by atoms with Crippen LogP contribution in [0.25, 0.3) is 0 Å². The minimum absolute atomic E-state index is 0.706. The lowest BCUT2D eigenvalue weighted by Gasteiger charge is -1.88. The van der Waals surface area contributed by atoms with E-state index in [-0.39, 0.29) is 0 Å².